The smallest absolute Gasteiger partial charge is 0.242 e. The van der Waals surface area contributed by atoms with Crippen molar-refractivity contribution < 1.29 is 4.43 Å². The van der Waals surface area contributed by atoms with Crippen LogP contribution in [0.3, 0.4) is 0 Å². The second-order valence-corrected chi connectivity index (χ2v) is 11.8. The summed E-state index contributed by atoms with van der Waals surface area (Å²) in [5.74, 6) is 1.03. The summed E-state index contributed by atoms with van der Waals surface area (Å²) in [6.07, 6.45) is 2.89. The van der Waals surface area contributed by atoms with Gasteiger partial charge in [-0.1, -0.05) is 18.2 Å². The Morgan fingerprint density at radius 2 is 1.90 bits per heavy atom. The van der Waals surface area contributed by atoms with Crippen LogP contribution in [0.15, 0.2) is 41.4 Å². The van der Waals surface area contributed by atoms with Crippen molar-refractivity contribution in [3.63, 3.8) is 0 Å². The molecule has 2 aromatic rings. The largest absolute Gasteiger partial charge is 0.544 e. The van der Waals surface area contributed by atoms with Gasteiger partial charge >= 0.3 is 0 Å². The van der Waals surface area contributed by atoms with Crippen molar-refractivity contribution in [2.45, 2.75) is 33.0 Å². The molecule has 0 aliphatic heterocycles. The number of aliphatic imine (C=N–C) groups is 1. The number of benzene rings is 1. The van der Waals surface area contributed by atoms with Crippen LogP contribution < -0.4 is 4.43 Å². The zero-order chi connectivity index (χ0) is 15.3. The first kappa shape index (κ1) is 16.0. The van der Waals surface area contributed by atoms with E-state index in [4.69, 9.17) is 4.43 Å². The Kier molecular flexibility index (Phi) is 5.37. The highest BCUT2D eigenvalue weighted by molar-refractivity contribution is 7.13. The summed E-state index contributed by atoms with van der Waals surface area (Å²) in [6.45, 7) is 9.54. The van der Waals surface area contributed by atoms with E-state index in [0.29, 0.717) is 0 Å². The lowest BCUT2D eigenvalue weighted by Crippen LogP contribution is -2.29. The van der Waals surface area contributed by atoms with Crippen molar-refractivity contribution in [1.82, 2.24) is 0 Å². The van der Waals surface area contributed by atoms with E-state index in [1.165, 1.54) is 15.3 Å². The number of hydrogen-bond acceptors (Lipinski definition) is 3. The van der Waals surface area contributed by atoms with E-state index in [2.05, 4.69) is 61.9 Å². The summed E-state index contributed by atoms with van der Waals surface area (Å²) in [7, 11) is -1.56. The molecule has 112 valence electrons. The van der Waals surface area contributed by atoms with Crippen molar-refractivity contribution in [1.29, 1.82) is 0 Å². The first-order valence-corrected chi connectivity index (χ1v) is 11.5. The average molecular weight is 318 g/mol. The summed E-state index contributed by atoms with van der Waals surface area (Å²) in [6, 6.07) is 12.6. The van der Waals surface area contributed by atoms with Gasteiger partial charge in [-0.05, 0) is 56.7 Å². The van der Waals surface area contributed by atoms with Gasteiger partial charge in [0.2, 0.25) is 8.32 Å². The molecule has 1 aromatic heterocycles. The van der Waals surface area contributed by atoms with Crippen LogP contribution in [-0.2, 0) is 6.42 Å². The van der Waals surface area contributed by atoms with Gasteiger partial charge in [0, 0.05) is 22.5 Å². The molecule has 0 amide bonds. The maximum Gasteiger partial charge on any atom is 0.242 e. The molecule has 0 spiro atoms. The van der Waals surface area contributed by atoms with E-state index >= 15 is 0 Å². The molecule has 0 radical (unpaired) electrons. The topological polar surface area (TPSA) is 21.6 Å². The molecule has 0 saturated carbocycles. The van der Waals surface area contributed by atoms with Crippen molar-refractivity contribution >= 4 is 25.9 Å². The summed E-state index contributed by atoms with van der Waals surface area (Å²) in [4.78, 5) is 7.07. The van der Waals surface area contributed by atoms with Gasteiger partial charge in [0.15, 0.2) is 0 Å². The van der Waals surface area contributed by atoms with Crippen LogP contribution in [0.5, 0.6) is 5.75 Å². The minimum Gasteiger partial charge on any atom is -0.544 e. The number of thiophene rings is 1. The molecule has 1 heterocycles. The molecule has 0 N–H and O–H groups in total. The third-order valence-corrected chi connectivity index (χ3v) is 4.65. The average Bonchev–Trinajstić information content (AvgIpc) is 2.80. The molecule has 0 saturated heterocycles. The normalized spacial score (nSPS) is 12.0. The maximum absolute atomic E-state index is 6.14. The molecule has 0 unspecified atom stereocenters. The molecule has 0 atom stereocenters. The number of rotatable bonds is 6. The summed E-state index contributed by atoms with van der Waals surface area (Å²) < 4.78 is 6.14. The van der Waals surface area contributed by atoms with E-state index in [1.54, 1.807) is 11.3 Å². The van der Waals surface area contributed by atoms with Gasteiger partial charge in [-0.25, -0.2) is 0 Å². The lowest BCUT2D eigenvalue weighted by molar-refractivity contribution is 0.549. The zero-order valence-electron chi connectivity index (χ0n) is 13.2. The molecule has 2 nitrogen and oxygen atoms in total. The first-order chi connectivity index (χ1) is 9.94. The summed E-state index contributed by atoms with van der Waals surface area (Å²) in [5, 5.41) is 0. The van der Waals surface area contributed by atoms with Gasteiger partial charge in [0.05, 0.1) is 0 Å². The van der Waals surface area contributed by atoms with Gasteiger partial charge < -0.3 is 4.43 Å². The monoisotopic (exact) mass is 317 g/mol. The number of aryl methyl sites for hydroxylation is 1. The highest BCUT2D eigenvalue weighted by Crippen LogP contribution is 2.22. The standard InChI is InChI=1S/C17H23NOSSi/c1-14-9-10-16(20-14)13-18-12-11-15-7-5-6-8-17(15)19-21(2,3)4/h5-10,13H,11-12H2,1-4H3. The fraction of sp³-hybridized carbons (Fsp3) is 0.353. The van der Waals surface area contributed by atoms with E-state index in [0.717, 1.165) is 18.7 Å². The molecule has 0 fully saturated rings. The molecule has 1 aromatic carbocycles. The Balaban J connectivity index is 1.95. The number of para-hydroxylation sites is 1. The lowest BCUT2D eigenvalue weighted by Gasteiger charge is -2.21. The molecule has 0 bridgehead atoms. The predicted octanol–water partition coefficient (Wildman–Crippen LogP) is 4.93. The van der Waals surface area contributed by atoms with Gasteiger partial charge in [-0.2, -0.15) is 0 Å². The van der Waals surface area contributed by atoms with Crippen molar-refractivity contribution in [3.05, 3.63) is 51.7 Å². The molecule has 4 heteroatoms. The van der Waals surface area contributed by atoms with E-state index in [-0.39, 0.29) is 0 Å². The second kappa shape index (κ2) is 7.05. The van der Waals surface area contributed by atoms with Gasteiger partial charge in [-0.3, -0.25) is 4.99 Å². The van der Waals surface area contributed by atoms with Gasteiger partial charge in [0.25, 0.3) is 0 Å². The Labute approximate surface area is 132 Å². The van der Waals surface area contributed by atoms with E-state index < -0.39 is 8.32 Å². The molecule has 0 aliphatic carbocycles. The van der Waals surface area contributed by atoms with Crippen LogP contribution in [0.1, 0.15) is 15.3 Å². The number of nitrogens with zero attached hydrogens (tertiary/aromatic N) is 1. The molecular weight excluding hydrogens is 294 g/mol. The molecule has 2 rings (SSSR count). The maximum atomic E-state index is 6.14. The van der Waals surface area contributed by atoms with Crippen LogP contribution >= 0.6 is 11.3 Å². The number of hydrogen-bond donors (Lipinski definition) is 0. The van der Waals surface area contributed by atoms with Crippen LogP contribution in [0.2, 0.25) is 19.6 Å². The van der Waals surface area contributed by atoms with Crippen LogP contribution in [-0.4, -0.2) is 21.1 Å². The van der Waals surface area contributed by atoms with E-state index in [9.17, 15) is 0 Å². The quantitative estimate of drug-likeness (QED) is 0.547. The van der Waals surface area contributed by atoms with Gasteiger partial charge in [-0.15, -0.1) is 11.3 Å². The fourth-order valence-electron chi connectivity index (χ4n) is 2.00. The SMILES string of the molecule is Cc1ccc(C=NCCc2ccccc2O[Si](C)(C)C)s1. The zero-order valence-corrected chi connectivity index (χ0v) is 15.0. The predicted molar refractivity (Wildman–Crippen MR) is 95.6 cm³/mol. The summed E-state index contributed by atoms with van der Waals surface area (Å²) in [5.41, 5.74) is 1.25. The van der Waals surface area contributed by atoms with Crippen LogP contribution in [0.25, 0.3) is 0 Å². The Hall–Kier alpha value is -1.39. The molecular formula is C17H23NOSSi. The van der Waals surface area contributed by atoms with Crippen LogP contribution in [0.4, 0.5) is 0 Å². The molecule has 0 aliphatic rings. The minimum atomic E-state index is -1.56. The third kappa shape index (κ3) is 5.48. The first-order valence-electron chi connectivity index (χ1n) is 7.27. The Bertz CT molecular complexity index is 613. The lowest BCUT2D eigenvalue weighted by atomic mass is 10.1. The minimum absolute atomic E-state index is 0.795. The third-order valence-electron chi connectivity index (χ3n) is 2.88. The summed E-state index contributed by atoms with van der Waals surface area (Å²) >= 11 is 1.78. The second-order valence-electron chi connectivity index (χ2n) is 6.06. The van der Waals surface area contributed by atoms with Crippen molar-refractivity contribution in [2.24, 2.45) is 4.99 Å². The van der Waals surface area contributed by atoms with Crippen LogP contribution in [0, 0.1) is 6.92 Å². The fourth-order valence-corrected chi connectivity index (χ4v) is 3.63. The Morgan fingerprint density at radius 1 is 1.14 bits per heavy atom. The van der Waals surface area contributed by atoms with Crippen molar-refractivity contribution in [2.75, 3.05) is 6.54 Å². The van der Waals surface area contributed by atoms with E-state index in [1.807, 2.05) is 12.3 Å². The highest BCUT2D eigenvalue weighted by Gasteiger charge is 2.17. The molecule has 21 heavy (non-hydrogen) atoms. The Morgan fingerprint density at radius 3 is 2.57 bits per heavy atom. The van der Waals surface area contributed by atoms with Crippen molar-refractivity contribution in [3.8, 4) is 5.75 Å². The van der Waals surface area contributed by atoms with Gasteiger partial charge in [0.1, 0.15) is 5.75 Å². The highest BCUT2D eigenvalue weighted by atomic mass is 32.1.